The number of nitrogens with zero attached hydrogens (tertiary/aromatic N) is 3. The Morgan fingerprint density at radius 1 is 1.19 bits per heavy atom. The molecule has 0 aromatic carbocycles. The van der Waals surface area contributed by atoms with Gasteiger partial charge in [-0.2, -0.15) is 0 Å². The molecule has 6 nitrogen and oxygen atoms in total. The standard InChI is InChI=1S/C15H17N3O3/c19-15(11-1-2-11)18-6-3-10(4-7-18)13-16-17-14(21-13)12-5-8-20-9-12/h5,8-11H,1-4,6-7H2. The molecule has 2 aromatic rings. The second-order valence-corrected chi connectivity index (χ2v) is 5.83. The number of rotatable bonds is 3. The van der Waals surface area contributed by atoms with Crippen LogP contribution in [-0.4, -0.2) is 34.1 Å². The van der Waals surface area contributed by atoms with Crippen molar-refractivity contribution in [3.8, 4) is 11.5 Å². The van der Waals surface area contributed by atoms with Gasteiger partial charge in [0, 0.05) is 24.9 Å². The number of hydrogen-bond acceptors (Lipinski definition) is 5. The van der Waals surface area contributed by atoms with Crippen molar-refractivity contribution in [1.82, 2.24) is 15.1 Å². The fourth-order valence-corrected chi connectivity index (χ4v) is 2.84. The van der Waals surface area contributed by atoms with E-state index in [0.717, 1.165) is 44.3 Å². The Bertz CT molecular complexity index is 622. The molecule has 2 fully saturated rings. The first-order valence-electron chi connectivity index (χ1n) is 7.46. The predicted molar refractivity (Wildman–Crippen MR) is 73.3 cm³/mol. The van der Waals surface area contributed by atoms with Gasteiger partial charge in [0.25, 0.3) is 5.89 Å². The second-order valence-electron chi connectivity index (χ2n) is 5.83. The van der Waals surface area contributed by atoms with Crippen molar-refractivity contribution in [3.63, 3.8) is 0 Å². The van der Waals surface area contributed by atoms with Crippen molar-refractivity contribution in [1.29, 1.82) is 0 Å². The van der Waals surface area contributed by atoms with Crippen LogP contribution in [0.5, 0.6) is 0 Å². The van der Waals surface area contributed by atoms with Gasteiger partial charge in [0.1, 0.15) is 6.26 Å². The molecule has 0 radical (unpaired) electrons. The predicted octanol–water partition coefficient (Wildman–Crippen LogP) is 2.45. The Labute approximate surface area is 122 Å². The zero-order chi connectivity index (χ0) is 14.2. The summed E-state index contributed by atoms with van der Waals surface area (Å²) in [5.74, 6) is 2.05. The van der Waals surface area contributed by atoms with E-state index in [0.29, 0.717) is 23.6 Å². The summed E-state index contributed by atoms with van der Waals surface area (Å²) in [4.78, 5) is 14.0. The third-order valence-electron chi connectivity index (χ3n) is 4.29. The van der Waals surface area contributed by atoms with Crippen molar-refractivity contribution in [3.05, 3.63) is 24.5 Å². The SMILES string of the molecule is O=C(C1CC1)N1CCC(c2nnc(-c3ccoc3)o2)CC1. The summed E-state index contributed by atoms with van der Waals surface area (Å²) in [6.07, 6.45) is 7.10. The zero-order valence-electron chi connectivity index (χ0n) is 11.7. The number of amides is 1. The zero-order valence-corrected chi connectivity index (χ0v) is 11.7. The van der Waals surface area contributed by atoms with Crippen molar-refractivity contribution >= 4 is 5.91 Å². The molecule has 0 bridgehead atoms. The fraction of sp³-hybridized carbons (Fsp3) is 0.533. The minimum Gasteiger partial charge on any atom is -0.472 e. The van der Waals surface area contributed by atoms with Gasteiger partial charge in [0.2, 0.25) is 11.8 Å². The average molecular weight is 287 g/mol. The number of hydrogen-bond donors (Lipinski definition) is 0. The van der Waals surface area contributed by atoms with Crippen LogP contribution in [0.3, 0.4) is 0 Å². The molecule has 2 aromatic heterocycles. The number of carbonyl (C=O) groups is 1. The quantitative estimate of drug-likeness (QED) is 0.867. The number of piperidine rings is 1. The maximum atomic E-state index is 12.0. The molecule has 0 spiro atoms. The first kappa shape index (κ1) is 12.6. The van der Waals surface area contributed by atoms with E-state index < -0.39 is 0 Å². The molecule has 0 N–H and O–H groups in total. The second kappa shape index (κ2) is 5.02. The average Bonchev–Trinajstić information content (AvgIpc) is 3.03. The van der Waals surface area contributed by atoms with Crippen LogP contribution < -0.4 is 0 Å². The maximum Gasteiger partial charge on any atom is 0.250 e. The van der Waals surface area contributed by atoms with Crippen molar-refractivity contribution in [2.24, 2.45) is 5.92 Å². The Morgan fingerprint density at radius 2 is 2.00 bits per heavy atom. The molecule has 1 aliphatic carbocycles. The fourth-order valence-electron chi connectivity index (χ4n) is 2.84. The minimum absolute atomic E-state index is 0.251. The van der Waals surface area contributed by atoms with Gasteiger partial charge in [-0.3, -0.25) is 4.79 Å². The molecule has 0 atom stereocenters. The Kier molecular flexibility index (Phi) is 3.02. The first-order valence-corrected chi connectivity index (χ1v) is 7.46. The van der Waals surface area contributed by atoms with E-state index in [1.54, 1.807) is 18.6 Å². The summed E-state index contributed by atoms with van der Waals surface area (Å²) in [5.41, 5.74) is 0.801. The molecule has 1 amide bonds. The molecule has 1 saturated heterocycles. The molecular weight excluding hydrogens is 270 g/mol. The maximum absolute atomic E-state index is 12.0. The van der Waals surface area contributed by atoms with Gasteiger partial charge < -0.3 is 13.7 Å². The van der Waals surface area contributed by atoms with E-state index in [1.807, 2.05) is 4.90 Å². The van der Waals surface area contributed by atoms with Crippen LogP contribution in [-0.2, 0) is 4.79 Å². The van der Waals surface area contributed by atoms with Crippen molar-refractivity contribution < 1.29 is 13.6 Å². The molecule has 6 heteroatoms. The van der Waals surface area contributed by atoms with Crippen LogP contribution >= 0.6 is 0 Å². The lowest BCUT2D eigenvalue weighted by atomic mass is 9.96. The highest BCUT2D eigenvalue weighted by atomic mass is 16.4. The van der Waals surface area contributed by atoms with E-state index in [2.05, 4.69) is 10.2 Å². The topological polar surface area (TPSA) is 72.4 Å². The number of aromatic nitrogens is 2. The molecule has 1 aliphatic heterocycles. The van der Waals surface area contributed by atoms with E-state index in [9.17, 15) is 4.79 Å². The van der Waals surface area contributed by atoms with Gasteiger partial charge >= 0.3 is 0 Å². The Hall–Kier alpha value is -2.11. The highest BCUT2D eigenvalue weighted by Gasteiger charge is 2.35. The number of carbonyl (C=O) groups excluding carboxylic acids is 1. The van der Waals surface area contributed by atoms with Crippen LogP contribution in [0.1, 0.15) is 37.5 Å². The van der Waals surface area contributed by atoms with Crippen LogP contribution in [0.15, 0.2) is 27.4 Å². The van der Waals surface area contributed by atoms with Gasteiger partial charge in [0.05, 0.1) is 11.8 Å². The molecule has 21 heavy (non-hydrogen) atoms. The number of likely N-dealkylation sites (tertiary alicyclic amines) is 1. The van der Waals surface area contributed by atoms with Gasteiger partial charge in [-0.15, -0.1) is 10.2 Å². The van der Waals surface area contributed by atoms with E-state index in [4.69, 9.17) is 8.83 Å². The van der Waals surface area contributed by atoms with Crippen LogP contribution in [0.4, 0.5) is 0 Å². The lowest BCUT2D eigenvalue weighted by molar-refractivity contribution is -0.133. The monoisotopic (exact) mass is 287 g/mol. The Balaban J connectivity index is 1.41. The smallest absolute Gasteiger partial charge is 0.250 e. The summed E-state index contributed by atoms with van der Waals surface area (Å²) in [6, 6.07) is 1.80. The van der Waals surface area contributed by atoms with Crippen LogP contribution in [0, 0.1) is 5.92 Å². The van der Waals surface area contributed by atoms with Crippen molar-refractivity contribution in [2.75, 3.05) is 13.1 Å². The normalized spacial score (nSPS) is 19.9. The Morgan fingerprint density at radius 3 is 2.67 bits per heavy atom. The molecule has 1 saturated carbocycles. The largest absolute Gasteiger partial charge is 0.472 e. The van der Waals surface area contributed by atoms with Crippen LogP contribution in [0.2, 0.25) is 0 Å². The van der Waals surface area contributed by atoms with Gasteiger partial charge in [-0.25, -0.2) is 0 Å². The van der Waals surface area contributed by atoms with E-state index in [1.165, 1.54) is 0 Å². The summed E-state index contributed by atoms with van der Waals surface area (Å²) >= 11 is 0. The third kappa shape index (κ3) is 2.46. The molecule has 2 aliphatic rings. The lowest BCUT2D eigenvalue weighted by Crippen LogP contribution is -2.38. The summed E-state index contributed by atoms with van der Waals surface area (Å²) in [6.45, 7) is 1.59. The number of furan rings is 1. The first-order chi connectivity index (χ1) is 10.3. The van der Waals surface area contributed by atoms with Crippen molar-refractivity contribution in [2.45, 2.75) is 31.6 Å². The highest BCUT2D eigenvalue weighted by Crippen LogP contribution is 2.34. The van der Waals surface area contributed by atoms with E-state index >= 15 is 0 Å². The lowest BCUT2D eigenvalue weighted by Gasteiger charge is -2.30. The summed E-state index contributed by atoms with van der Waals surface area (Å²) in [7, 11) is 0. The van der Waals surface area contributed by atoms with E-state index in [-0.39, 0.29) is 5.92 Å². The van der Waals surface area contributed by atoms with Gasteiger partial charge in [0.15, 0.2) is 0 Å². The summed E-state index contributed by atoms with van der Waals surface area (Å²) in [5, 5.41) is 8.22. The van der Waals surface area contributed by atoms with Gasteiger partial charge in [-0.1, -0.05) is 0 Å². The minimum atomic E-state index is 0.251. The molecule has 4 rings (SSSR count). The molecule has 110 valence electrons. The third-order valence-corrected chi connectivity index (χ3v) is 4.29. The molecule has 0 unspecified atom stereocenters. The van der Waals surface area contributed by atoms with Crippen LogP contribution in [0.25, 0.3) is 11.5 Å². The molecular formula is C15H17N3O3. The molecule has 3 heterocycles. The summed E-state index contributed by atoms with van der Waals surface area (Å²) < 4.78 is 10.8. The van der Waals surface area contributed by atoms with Gasteiger partial charge in [-0.05, 0) is 31.7 Å². The highest BCUT2D eigenvalue weighted by molar-refractivity contribution is 5.81.